The van der Waals surface area contributed by atoms with Crippen LogP contribution < -0.4 is 5.32 Å². The van der Waals surface area contributed by atoms with Crippen molar-refractivity contribution in [3.05, 3.63) is 35.4 Å². The fraction of sp³-hybridized carbons (Fsp3) is 0.438. The van der Waals surface area contributed by atoms with Gasteiger partial charge in [0.15, 0.2) is 0 Å². The van der Waals surface area contributed by atoms with Gasteiger partial charge in [-0.15, -0.1) is 0 Å². The van der Waals surface area contributed by atoms with Gasteiger partial charge in [-0.3, -0.25) is 4.79 Å². The molecule has 0 aromatic heterocycles. The van der Waals surface area contributed by atoms with E-state index in [0.717, 1.165) is 18.7 Å². The average Bonchev–Trinajstić information content (AvgIpc) is 2.51. The third-order valence-electron chi connectivity index (χ3n) is 2.92. The van der Waals surface area contributed by atoms with Crippen molar-refractivity contribution in [2.24, 2.45) is 0 Å². The highest BCUT2D eigenvalue weighted by molar-refractivity contribution is 5.94. The number of nitrogens with one attached hydrogen (secondary N) is 1. The summed E-state index contributed by atoms with van der Waals surface area (Å²) in [7, 11) is 3.66. The molecule has 0 heterocycles. The molecule has 0 aliphatic rings. The van der Waals surface area contributed by atoms with E-state index >= 15 is 0 Å². The Morgan fingerprint density at radius 2 is 2.05 bits per heavy atom. The van der Waals surface area contributed by atoms with Gasteiger partial charge in [-0.25, -0.2) is 0 Å². The number of aliphatic hydroxyl groups is 1. The van der Waals surface area contributed by atoms with Crippen molar-refractivity contribution in [1.82, 2.24) is 10.2 Å². The molecule has 0 radical (unpaired) electrons. The van der Waals surface area contributed by atoms with Crippen molar-refractivity contribution in [3.63, 3.8) is 0 Å². The Morgan fingerprint density at radius 1 is 1.33 bits per heavy atom. The Balaban J connectivity index is 2.38. The van der Waals surface area contributed by atoms with Gasteiger partial charge < -0.3 is 20.1 Å². The molecule has 0 aliphatic carbocycles. The third-order valence-corrected chi connectivity index (χ3v) is 2.92. The van der Waals surface area contributed by atoms with E-state index in [0.29, 0.717) is 18.7 Å². The summed E-state index contributed by atoms with van der Waals surface area (Å²) in [5.74, 6) is 5.25. The fourth-order valence-electron chi connectivity index (χ4n) is 1.67. The van der Waals surface area contributed by atoms with Gasteiger partial charge in [-0.1, -0.05) is 11.8 Å². The number of hydrogen-bond acceptors (Lipinski definition) is 4. The Hall–Kier alpha value is -1.87. The Labute approximate surface area is 125 Å². The minimum Gasteiger partial charge on any atom is -0.384 e. The number of carbonyl (C=O) groups excluding carboxylic acids is 1. The summed E-state index contributed by atoms with van der Waals surface area (Å²) in [6.07, 6.45) is 0. The highest BCUT2D eigenvalue weighted by atomic mass is 16.5. The van der Waals surface area contributed by atoms with Gasteiger partial charge in [-0.2, -0.15) is 0 Å². The molecule has 1 aromatic carbocycles. The second kappa shape index (κ2) is 9.94. The zero-order chi connectivity index (χ0) is 15.5. The summed E-state index contributed by atoms with van der Waals surface area (Å²) in [4.78, 5) is 14.0. The van der Waals surface area contributed by atoms with Crippen LogP contribution in [0.3, 0.4) is 0 Å². The zero-order valence-corrected chi connectivity index (χ0v) is 12.6. The third kappa shape index (κ3) is 6.91. The number of methoxy groups -OCH3 is 1. The predicted molar refractivity (Wildman–Crippen MR) is 82.1 cm³/mol. The number of benzene rings is 1. The molecule has 0 atom stereocenters. The second-order valence-corrected chi connectivity index (χ2v) is 4.59. The largest absolute Gasteiger partial charge is 0.384 e. The minimum atomic E-state index is -0.168. The van der Waals surface area contributed by atoms with Gasteiger partial charge in [-0.05, 0) is 31.3 Å². The monoisotopic (exact) mass is 290 g/mol. The van der Waals surface area contributed by atoms with Gasteiger partial charge >= 0.3 is 0 Å². The van der Waals surface area contributed by atoms with E-state index in [1.54, 1.807) is 31.4 Å². The number of nitrogens with zero attached hydrogens (tertiary/aromatic N) is 1. The lowest BCUT2D eigenvalue weighted by molar-refractivity contribution is 0.0947. The second-order valence-electron chi connectivity index (χ2n) is 4.59. The van der Waals surface area contributed by atoms with Crippen LogP contribution in [-0.4, -0.2) is 62.9 Å². The van der Waals surface area contributed by atoms with Crippen molar-refractivity contribution < 1.29 is 14.6 Å². The van der Waals surface area contributed by atoms with Crippen molar-refractivity contribution in [1.29, 1.82) is 0 Å². The standard InChI is InChI=1S/C16H22N2O3/c1-18(11-13-21-2)10-9-17-16(20)15-7-5-14(6-8-15)4-3-12-19/h5-8,19H,9-13H2,1-2H3,(H,17,20). The van der Waals surface area contributed by atoms with Gasteiger partial charge in [0.2, 0.25) is 0 Å². The van der Waals surface area contributed by atoms with E-state index < -0.39 is 0 Å². The lowest BCUT2D eigenvalue weighted by Crippen LogP contribution is -2.34. The maximum Gasteiger partial charge on any atom is 0.251 e. The summed E-state index contributed by atoms with van der Waals surface area (Å²) >= 11 is 0. The molecule has 0 aliphatic heterocycles. The Kier molecular flexibility index (Phi) is 8.14. The predicted octanol–water partition coefficient (Wildman–Crippen LogP) is 0.338. The lowest BCUT2D eigenvalue weighted by Gasteiger charge is -2.16. The summed E-state index contributed by atoms with van der Waals surface area (Å²) in [6.45, 7) is 2.71. The first-order valence-electron chi connectivity index (χ1n) is 6.83. The van der Waals surface area contributed by atoms with E-state index in [1.807, 2.05) is 7.05 Å². The Morgan fingerprint density at radius 3 is 2.67 bits per heavy atom. The maximum absolute atomic E-state index is 11.9. The smallest absolute Gasteiger partial charge is 0.251 e. The Bertz CT molecular complexity index is 488. The van der Waals surface area contributed by atoms with Gasteiger partial charge in [0.1, 0.15) is 6.61 Å². The van der Waals surface area contributed by atoms with E-state index in [-0.39, 0.29) is 12.5 Å². The molecule has 0 spiro atoms. The first-order chi connectivity index (χ1) is 10.2. The fourth-order valence-corrected chi connectivity index (χ4v) is 1.67. The number of ether oxygens (including phenoxy) is 1. The first-order valence-corrected chi connectivity index (χ1v) is 6.83. The van der Waals surface area contributed by atoms with Gasteiger partial charge in [0.05, 0.1) is 6.61 Å². The highest BCUT2D eigenvalue weighted by Gasteiger charge is 2.05. The van der Waals surface area contributed by atoms with Crippen LogP contribution in [0.5, 0.6) is 0 Å². The van der Waals surface area contributed by atoms with E-state index in [4.69, 9.17) is 9.84 Å². The van der Waals surface area contributed by atoms with E-state index in [1.165, 1.54) is 0 Å². The topological polar surface area (TPSA) is 61.8 Å². The molecule has 2 N–H and O–H groups in total. The quantitative estimate of drug-likeness (QED) is 0.711. The van der Waals surface area contributed by atoms with Crippen molar-refractivity contribution in [3.8, 4) is 11.8 Å². The van der Waals surface area contributed by atoms with E-state index in [2.05, 4.69) is 22.1 Å². The molecule has 5 nitrogen and oxygen atoms in total. The molecule has 21 heavy (non-hydrogen) atoms. The zero-order valence-electron chi connectivity index (χ0n) is 12.6. The van der Waals surface area contributed by atoms with Crippen molar-refractivity contribution in [2.45, 2.75) is 0 Å². The molecule has 5 heteroatoms. The molecular weight excluding hydrogens is 268 g/mol. The first kappa shape index (κ1) is 17.2. The molecule has 0 fully saturated rings. The van der Waals surface area contributed by atoms with Crippen molar-refractivity contribution in [2.75, 3.05) is 47.0 Å². The molecule has 1 rings (SSSR count). The summed E-state index contributed by atoms with van der Waals surface area (Å²) in [6, 6.07) is 6.99. The molecule has 0 saturated carbocycles. The number of rotatable bonds is 7. The number of likely N-dealkylation sites (N-methyl/N-ethyl adjacent to an activating group) is 1. The van der Waals surface area contributed by atoms with Crippen LogP contribution in [-0.2, 0) is 4.74 Å². The molecule has 114 valence electrons. The number of aliphatic hydroxyl groups excluding tert-OH is 1. The van der Waals surface area contributed by atoms with Gasteiger partial charge in [0.25, 0.3) is 5.91 Å². The lowest BCUT2D eigenvalue weighted by atomic mass is 10.1. The average molecular weight is 290 g/mol. The highest BCUT2D eigenvalue weighted by Crippen LogP contribution is 2.03. The molecule has 0 saturated heterocycles. The minimum absolute atomic E-state index is 0.100. The normalized spacial score (nSPS) is 10.1. The van der Waals surface area contributed by atoms with Crippen LogP contribution in [0.1, 0.15) is 15.9 Å². The van der Waals surface area contributed by atoms with Crippen LogP contribution in [0, 0.1) is 11.8 Å². The summed E-state index contributed by atoms with van der Waals surface area (Å²) in [5.41, 5.74) is 1.38. The molecule has 1 amide bonds. The number of amides is 1. The molecular formula is C16H22N2O3. The summed E-state index contributed by atoms with van der Waals surface area (Å²) in [5, 5.41) is 11.5. The number of hydrogen-bond donors (Lipinski definition) is 2. The number of carbonyl (C=O) groups is 1. The summed E-state index contributed by atoms with van der Waals surface area (Å²) < 4.78 is 4.99. The molecule has 0 bridgehead atoms. The SMILES string of the molecule is COCCN(C)CCNC(=O)c1ccc(C#CCO)cc1. The van der Waals surface area contributed by atoms with Crippen LogP contribution in [0.2, 0.25) is 0 Å². The maximum atomic E-state index is 11.9. The molecule has 0 unspecified atom stereocenters. The van der Waals surface area contributed by atoms with Gasteiger partial charge in [0, 0.05) is 37.9 Å². The van der Waals surface area contributed by atoms with Crippen LogP contribution in [0.4, 0.5) is 0 Å². The molecule has 1 aromatic rings. The van der Waals surface area contributed by atoms with Crippen LogP contribution in [0.15, 0.2) is 24.3 Å². The van der Waals surface area contributed by atoms with Crippen LogP contribution >= 0.6 is 0 Å². The van der Waals surface area contributed by atoms with E-state index in [9.17, 15) is 4.79 Å². The van der Waals surface area contributed by atoms with Crippen LogP contribution in [0.25, 0.3) is 0 Å². The van der Waals surface area contributed by atoms with Crippen molar-refractivity contribution >= 4 is 5.91 Å².